The number of carbonyl (C=O) groups is 1. The minimum Gasteiger partial charge on any atom is -0.477 e. The quantitative estimate of drug-likeness (QED) is 0.724. The van der Waals surface area contributed by atoms with Crippen LogP contribution < -0.4 is 0 Å². The Kier molecular flexibility index (Phi) is 5.02. The van der Waals surface area contributed by atoms with Gasteiger partial charge in [0.1, 0.15) is 5.56 Å². The zero-order chi connectivity index (χ0) is 12.0. The Labute approximate surface area is 95.6 Å². The zero-order valence-corrected chi connectivity index (χ0v) is 9.95. The summed E-state index contributed by atoms with van der Waals surface area (Å²) in [5.74, 6) is -0.405. The molecule has 0 aliphatic carbocycles. The fourth-order valence-corrected chi connectivity index (χ4v) is 1.72. The lowest BCUT2D eigenvalue weighted by molar-refractivity contribution is 0.0693. The summed E-state index contributed by atoms with van der Waals surface area (Å²) < 4.78 is 5.10. The van der Waals surface area contributed by atoms with Crippen LogP contribution in [-0.2, 0) is 12.8 Å². The highest BCUT2D eigenvalue weighted by Crippen LogP contribution is 2.18. The molecule has 0 unspecified atom stereocenters. The molecule has 0 amide bonds. The molecule has 1 heterocycles. The number of aromatic carboxylic acids is 1. The summed E-state index contributed by atoms with van der Waals surface area (Å²) in [4.78, 5) is 11.1. The topological polar surface area (TPSA) is 63.3 Å². The molecule has 4 heteroatoms. The minimum absolute atomic E-state index is 0.290. The third-order valence-corrected chi connectivity index (χ3v) is 2.54. The molecule has 0 saturated heterocycles. The normalized spacial score (nSPS) is 10.6. The molecule has 0 spiro atoms. The van der Waals surface area contributed by atoms with E-state index in [2.05, 4.69) is 12.1 Å². The fourth-order valence-electron chi connectivity index (χ4n) is 1.72. The van der Waals surface area contributed by atoms with Crippen molar-refractivity contribution < 1.29 is 14.4 Å². The summed E-state index contributed by atoms with van der Waals surface area (Å²) >= 11 is 0. The number of nitrogens with zero attached hydrogens (tertiary/aromatic N) is 1. The standard InChI is InChI=1S/C12H19NO3/c1-3-5-6-8-9-11(12(14)15)10(7-4-2)16-13-9/h3-8H2,1-2H3,(H,14,15). The Morgan fingerprint density at radius 3 is 2.56 bits per heavy atom. The van der Waals surface area contributed by atoms with Crippen molar-refractivity contribution in [3.05, 3.63) is 17.0 Å². The maximum absolute atomic E-state index is 11.1. The summed E-state index contributed by atoms with van der Waals surface area (Å²) in [6.07, 6.45) is 5.38. The van der Waals surface area contributed by atoms with E-state index in [1.165, 1.54) is 0 Å². The molecular formula is C12H19NO3. The first-order valence-electron chi connectivity index (χ1n) is 5.91. The van der Waals surface area contributed by atoms with Crippen molar-refractivity contribution in [2.45, 2.75) is 52.4 Å². The Morgan fingerprint density at radius 1 is 1.25 bits per heavy atom. The molecule has 1 aromatic rings. The molecule has 1 N–H and O–H groups in total. The van der Waals surface area contributed by atoms with Gasteiger partial charge in [-0.05, 0) is 19.3 Å². The molecule has 0 aromatic carbocycles. The van der Waals surface area contributed by atoms with Crippen LogP contribution in [0.5, 0.6) is 0 Å². The summed E-state index contributed by atoms with van der Waals surface area (Å²) in [6, 6.07) is 0. The molecule has 0 aliphatic heterocycles. The lowest BCUT2D eigenvalue weighted by Gasteiger charge is -1.98. The molecule has 90 valence electrons. The molecule has 0 saturated carbocycles. The predicted molar refractivity (Wildman–Crippen MR) is 60.7 cm³/mol. The van der Waals surface area contributed by atoms with Gasteiger partial charge in [0.15, 0.2) is 5.76 Å². The predicted octanol–water partition coefficient (Wildman–Crippen LogP) is 3.06. The average molecular weight is 225 g/mol. The number of hydrogen-bond donors (Lipinski definition) is 1. The van der Waals surface area contributed by atoms with Gasteiger partial charge in [-0.25, -0.2) is 4.79 Å². The summed E-state index contributed by atoms with van der Waals surface area (Å²) in [7, 11) is 0. The van der Waals surface area contributed by atoms with Crippen LogP contribution in [0.2, 0.25) is 0 Å². The van der Waals surface area contributed by atoms with Gasteiger partial charge in [0.25, 0.3) is 0 Å². The highest BCUT2D eigenvalue weighted by molar-refractivity contribution is 5.89. The summed E-state index contributed by atoms with van der Waals surface area (Å²) in [6.45, 7) is 4.11. The Morgan fingerprint density at radius 2 is 2.00 bits per heavy atom. The third-order valence-electron chi connectivity index (χ3n) is 2.54. The molecule has 0 aliphatic rings. The van der Waals surface area contributed by atoms with Crippen LogP contribution in [-0.4, -0.2) is 16.2 Å². The first-order chi connectivity index (χ1) is 7.70. The summed E-state index contributed by atoms with van der Waals surface area (Å²) in [5, 5.41) is 13.0. The Bertz CT molecular complexity index is 344. The van der Waals surface area contributed by atoms with E-state index in [9.17, 15) is 4.79 Å². The van der Waals surface area contributed by atoms with Gasteiger partial charge >= 0.3 is 5.97 Å². The third kappa shape index (κ3) is 3.08. The lowest BCUT2D eigenvalue weighted by Crippen LogP contribution is -2.03. The molecule has 0 atom stereocenters. The van der Waals surface area contributed by atoms with Gasteiger partial charge in [0.05, 0.1) is 5.69 Å². The Hall–Kier alpha value is -1.32. The first-order valence-corrected chi connectivity index (χ1v) is 5.91. The van der Waals surface area contributed by atoms with Gasteiger partial charge in [-0.15, -0.1) is 0 Å². The number of rotatable bonds is 7. The number of carboxylic acids is 1. The zero-order valence-electron chi connectivity index (χ0n) is 9.95. The second-order valence-corrected chi connectivity index (χ2v) is 3.94. The van der Waals surface area contributed by atoms with Crippen LogP contribution in [0.15, 0.2) is 4.52 Å². The van der Waals surface area contributed by atoms with E-state index in [-0.39, 0.29) is 5.56 Å². The van der Waals surface area contributed by atoms with Gasteiger partial charge in [-0.3, -0.25) is 0 Å². The highest BCUT2D eigenvalue weighted by atomic mass is 16.5. The van der Waals surface area contributed by atoms with E-state index in [1.807, 2.05) is 6.92 Å². The number of carboxylic acid groups (broad SMARTS) is 1. The van der Waals surface area contributed by atoms with Crippen LogP contribution in [0.1, 0.15) is 61.3 Å². The van der Waals surface area contributed by atoms with Gasteiger partial charge in [-0.1, -0.05) is 31.8 Å². The van der Waals surface area contributed by atoms with Gasteiger partial charge in [0.2, 0.25) is 0 Å². The summed E-state index contributed by atoms with van der Waals surface area (Å²) in [5.41, 5.74) is 0.891. The van der Waals surface area contributed by atoms with Crippen LogP contribution in [0.3, 0.4) is 0 Å². The van der Waals surface area contributed by atoms with E-state index in [0.717, 1.165) is 25.7 Å². The van der Waals surface area contributed by atoms with Crippen molar-refractivity contribution >= 4 is 5.97 Å². The number of unbranched alkanes of at least 4 members (excludes halogenated alkanes) is 2. The minimum atomic E-state index is -0.920. The average Bonchev–Trinajstić information content (AvgIpc) is 2.62. The van der Waals surface area contributed by atoms with Crippen LogP contribution in [0, 0.1) is 0 Å². The second-order valence-electron chi connectivity index (χ2n) is 3.94. The first kappa shape index (κ1) is 12.7. The molecule has 0 fully saturated rings. The molecular weight excluding hydrogens is 206 g/mol. The van der Waals surface area contributed by atoms with E-state index in [4.69, 9.17) is 9.63 Å². The number of aromatic nitrogens is 1. The number of aryl methyl sites for hydroxylation is 2. The fraction of sp³-hybridized carbons (Fsp3) is 0.667. The molecule has 1 aromatic heterocycles. The van der Waals surface area contributed by atoms with Crippen LogP contribution in [0.4, 0.5) is 0 Å². The maximum atomic E-state index is 11.1. The molecule has 0 bridgehead atoms. The van der Waals surface area contributed by atoms with Crippen LogP contribution >= 0.6 is 0 Å². The van der Waals surface area contributed by atoms with Crippen molar-refractivity contribution in [3.63, 3.8) is 0 Å². The van der Waals surface area contributed by atoms with E-state index in [0.29, 0.717) is 24.3 Å². The molecule has 4 nitrogen and oxygen atoms in total. The largest absolute Gasteiger partial charge is 0.477 e. The van der Waals surface area contributed by atoms with Crippen molar-refractivity contribution in [3.8, 4) is 0 Å². The monoisotopic (exact) mass is 225 g/mol. The van der Waals surface area contributed by atoms with Gasteiger partial charge in [0, 0.05) is 6.42 Å². The molecule has 0 radical (unpaired) electrons. The highest BCUT2D eigenvalue weighted by Gasteiger charge is 2.20. The van der Waals surface area contributed by atoms with E-state index < -0.39 is 5.97 Å². The van der Waals surface area contributed by atoms with Gasteiger partial charge in [-0.2, -0.15) is 0 Å². The second kappa shape index (κ2) is 6.30. The molecule has 1 rings (SSSR count). The SMILES string of the molecule is CCCCCc1noc(CCC)c1C(=O)O. The van der Waals surface area contributed by atoms with Crippen molar-refractivity contribution in [2.75, 3.05) is 0 Å². The van der Waals surface area contributed by atoms with Crippen molar-refractivity contribution in [1.29, 1.82) is 0 Å². The van der Waals surface area contributed by atoms with Crippen molar-refractivity contribution in [2.24, 2.45) is 0 Å². The van der Waals surface area contributed by atoms with E-state index in [1.54, 1.807) is 0 Å². The molecule has 16 heavy (non-hydrogen) atoms. The van der Waals surface area contributed by atoms with Crippen molar-refractivity contribution in [1.82, 2.24) is 5.16 Å². The maximum Gasteiger partial charge on any atom is 0.341 e. The van der Waals surface area contributed by atoms with Gasteiger partial charge < -0.3 is 9.63 Å². The number of hydrogen-bond acceptors (Lipinski definition) is 3. The lowest BCUT2D eigenvalue weighted by atomic mass is 10.1. The Balaban J connectivity index is 2.79. The van der Waals surface area contributed by atoms with Crippen LogP contribution in [0.25, 0.3) is 0 Å². The smallest absolute Gasteiger partial charge is 0.341 e. The van der Waals surface area contributed by atoms with E-state index >= 15 is 0 Å².